The maximum atomic E-state index is 4.81. The highest BCUT2D eigenvalue weighted by Gasteiger charge is 1.92. The first kappa shape index (κ1) is 6.30. The van der Waals surface area contributed by atoms with Crippen molar-refractivity contribution < 1.29 is 5.53 Å². The number of nitrogens with zero attached hydrogens (tertiary/aromatic N) is 1. The van der Waals surface area contributed by atoms with Crippen LogP contribution in [0.2, 0.25) is 0 Å². The van der Waals surface area contributed by atoms with E-state index in [1.54, 1.807) is 0 Å². The van der Waals surface area contributed by atoms with E-state index in [-0.39, 0.29) is 0 Å². The van der Waals surface area contributed by atoms with Gasteiger partial charge in [0.2, 0.25) is 7.42 Å². The maximum absolute atomic E-state index is 4.81. The molecule has 0 rings (SSSR count). The smallest absolute Gasteiger partial charge is 0.233 e. The van der Waals surface area contributed by atoms with E-state index in [9.17, 15) is 0 Å². The lowest BCUT2D eigenvalue weighted by molar-refractivity contribution is -0.202. The quantitative estimate of drug-likeness (QED) is 0.123. The van der Waals surface area contributed by atoms with Gasteiger partial charge < -0.3 is 0 Å². The first-order valence-electron chi connectivity index (χ1n) is 1.17. The zero-order chi connectivity index (χ0) is 4.99. The summed E-state index contributed by atoms with van der Waals surface area (Å²) in [6, 6.07) is 0. The van der Waals surface area contributed by atoms with Crippen molar-refractivity contribution >= 4 is 19.7 Å². The summed E-state index contributed by atoms with van der Waals surface area (Å²) >= 11 is 3.77. The van der Waals surface area contributed by atoms with Crippen LogP contribution in [0.15, 0.2) is 4.88 Å². The van der Waals surface area contributed by atoms with Gasteiger partial charge in [-0.2, -0.15) is 5.53 Å². The van der Waals surface area contributed by atoms with E-state index in [2.05, 4.69) is 22.3 Å². The van der Waals surface area contributed by atoms with Gasteiger partial charge in [-0.3, -0.25) is 5.84 Å². The standard InChI is InChI=1S/H5N4PS/c1-3-5(6)4-2/h1,4,6H,2H2/p+1. The van der Waals surface area contributed by atoms with E-state index in [0.717, 1.165) is 0 Å². The Morgan fingerprint density at radius 1 is 2.00 bits per heavy atom. The van der Waals surface area contributed by atoms with E-state index in [0.29, 0.717) is 0 Å². The second-order valence-corrected chi connectivity index (χ2v) is 2.74. The van der Waals surface area contributed by atoms with Crippen LogP contribution in [-0.2, 0) is 0 Å². The fourth-order valence-corrected chi connectivity index (χ4v) is 0.100. The van der Waals surface area contributed by atoms with Gasteiger partial charge in [-0.05, 0) is 0 Å². The summed E-state index contributed by atoms with van der Waals surface area (Å²) in [6.07, 6.45) is 0. The number of nitrogens with two attached hydrogens (primary N) is 2. The minimum atomic E-state index is -0.951. The molecular formula is H6N4PS+. The summed E-state index contributed by atoms with van der Waals surface area (Å²) < 4.78 is 0. The van der Waals surface area contributed by atoms with Gasteiger partial charge in [0.15, 0.2) is 0 Å². The van der Waals surface area contributed by atoms with Gasteiger partial charge in [0.25, 0.3) is 0 Å². The van der Waals surface area contributed by atoms with Crippen molar-refractivity contribution in [2.75, 3.05) is 0 Å². The van der Waals surface area contributed by atoms with Crippen LogP contribution >= 0.6 is 19.7 Å². The van der Waals surface area contributed by atoms with Crippen molar-refractivity contribution in [3.8, 4) is 0 Å². The average molecular weight is 125 g/mol. The summed E-state index contributed by atoms with van der Waals surface area (Å²) in [4.78, 5) is 3.20. The average Bonchev–Trinajstić information content (AvgIpc) is 1.65. The molecule has 5 N–H and O–H groups in total. The third-order valence-electron chi connectivity index (χ3n) is 0.225. The number of nitrogens with one attached hydrogen (secondary N) is 1. The molecule has 1 unspecified atom stereocenters. The molecule has 0 radical (unpaired) electrons. The van der Waals surface area contributed by atoms with Crippen LogP contribution < -0.4 is 16.6 Å². The fraction of sp³-hybridized carbons (Fsp3) is 0. The first-order valence-corrected chi connectivity index (χ1v) is 3.62. The topological polar surface area (TPSA) is 76.0 Å². The fourth-order valence-electron chi connectivity index (χ4n) is 0.0333. The number of hydrazine groups is 1. The molecule has 0 aromatic carbocycles. The molecule has 0 saturated heterocycles. The monoisotopic (exact) mass is 125 g/mol. The Bertz CT molecular complexity index is 44.8. The zero-order valence-electron chi connectivity index (χ0n) is 3.00. The number of rotatable bonds is 2. The molecule has 0 amide bonds. The van der Waals surface area contributed by atoms with Crippen LogP contribution in [0, 0.1) is 0 Å². The molecule has 6 heavy (non-hydrogen) atoms. The van der Waals surface area contributed by atoms with Gasteiger partial charge in [0.05, 0.1) is 0 Å². The van der Waals surface area contributed by atoms with E-state index in [4.69, 9.17) is 11.4 Å². The molecule has 4 nitrogen and oxygen atoms in total. The molecule has 0 spiro atoms. The first-order chi connectivity index (χ1) is 2.81. The third-order valence-corrected chi connectivity index (χ3v) is 1.33. The van der Waals surface area contributed by atoms with Gasteiger partial charge in [-0.25, -0.2) is 5.20 Å². The van der Waals surface area contributed by atoms with Gasteiger partial charge in [0, 0.05) is 4.88 Å². The Morgan fingerprint density at radius 2 is 2.50 bits per heavy atom. The van der Waals surface area contributed by atoms with Gasteiger partial charge >= 0.3 is 0 Å². The second-order valence-electron chi connectivity index (χ2n) is 0.534. The van der Waals surface area contributed by atoms with Crippen molar-refractivity contribution in [3.63, 3.8) is 0 Å². The van der Waals surface area contributed by atoms with E-state index in [1.807, 2.05) is 0 Å². The minimum absolute atomic E-state index is 0.951. The van der Waals surface area contributed by atoms with Crippen molar-refractivity contribution in [2.45, 2.75) is 0 Å². The summed E-state index contributed by atoms with van der Waals surface area (Å²) in [6.45, 7) is 0. The highest BCUT2D eigenvalue weighted by atomic mass is 32.7. The van der Waals surface area contributed by atoms with Crippen LogP contribution in [0.4, 0.5) is 0 Å². The number of thiol groups is 1. The molecule has 1 atom stereocenters. The highest BCUT2D eigenvalue weighted by molar-refractivity contribution is 8.44. The molecule has 0 heterocycles. The van der Waals surface area contributed by atoms with E-state index in [1.165, 1.54) is 0 Å². The second kappa shape index (κ2) is 3.49. The third kappa shape index (κ3) is 2.53. The van der Waals surface area contributed by atoms with Crippen molar-refractivity contribution in [2.24, 2.45) is 10.7 Å². The Kier molecular flexibility index (Phi) is 3.66. The molecule has 6 heteroatoms. The molecule has 0 aromatic rings. The van der Waals surface area contributed by atoms with Crippen molar-refractivity contribution in [3.05, 3.63) is 0 Å². The van der Waals surface area contributed by atoms with Crippen molar-refractivity contribution in [1.82, 2.24) is 5.20 Å². The van der Waals surface area contributed by atoms with Gasteiger partial charge in [0.1, 0.15) is 0 Å². The molecule has 0 aliphatic rings. The van der Waals surface area contributed by atoms with E-state index < -0.39 is 7.42 Å². The van der Waals surface area contributed by atoms with Crippen LogP contribution in [-0.4, -0.2) is 0 Å². The predicted octanol–water partition coefficient (Wildman–Crippen LogP) is -1.18. The van der Waals surface area contributed by atoms with Crippen LogP contribution in [0.1, 0.15) is 0 Å². The Hall–Kier alpha value is 0.300. The number of hydrogen-bond acceptors (Lipinski definition) is 4. The summed E-state index contributed by atoms with van der Waals surface area (Å²) in [5.41, 5.74) is 4.72. The minimum Gasteiger partial charge on any atom is -0.266 e. The van der Waals surface area contributed by atoms with Crippen LogP contribution in [0.25, 0.3) is 0 Å². The van der Waals surface area contributed by atoms with Crippen LogP contribution in [0.3, 0.4) is 0 Å². The molecule has 36 valence electrons. The summed E-state index contributed by atoms with van der Waals surface area (Å²) in [5.74, 6) is 4.81. The normalized spacial score (nSPS) is 13.7. The molecular weight excluding hydrogens is 119 g/mol. The molecule has 0 aromatic heterocycles. The van der Waals surface area contributed by atoms with Gasteiger partial charge in [-0.15, -0.1) is 12.2 Å². The largest absolute Gasteiger partial charge is 0.266 e. The maximum Gasteiger partial charge on any atom is 0.233 e. The molecule has 0 saturated carbocycles. The summed E-state index contributed by atoms with van der Waals surface area (Å²) in [5, 5.41) is 2.25. The highest BCUT2D eigenvalue weighted by Crippen LogP contribution is 2.32. The number of hydrogen-bond donors (Lipinski definition) is 4. The Labute approximate surface area is 42.0 Å². The van der Waals surface area contributed by atoms with Crippen molar-refractivity contribution in [1.29, 1.82) is 0 Å². The Morgan fingerprint density at radius 3 is 2.50 bits per heavy atom. The zero-order valence-corrected chi connectivity index (χ0v) is 4.79. The van der Waals surface area contributed by atoms with Gasteiger partial charge in [-0.1, -0.05) is 0 Å². The molecule has 0 aliphatic carbocycles. The summed E-state index contributed by atoms with van der Waals surface area (Å²) in [7, 11) is -0.951. The lowest BCUT2D eigenvalue weighted by atomic mass is 13.0. The molecule has 0 bridgehead atoms. The lowest BCUT2D eigenvalue weighted by Gasteiger charge is -1.89. The SMILES string of the molecule is NNP(S)N=[NH2+]. The van der Waals surface area contributed by atoms with Crippen LogP contribution in [0.5, 0.6) is 0 Å². The van der Waals surface area contributed by atoms with E-state index >= 15 is 0 Å². The molecule has 0 fully saturated rings. The predicted molar refractivity (Wildman–Crippen MR) is 27.6 cm³/mol. The molecule has 0 aliphatic heterocycles. The lowest BCUT2D eigenvalue weighted by Crippen LogP contribution is -2.24. The Balaban J connectivity index is 2.96.